The SMILES string of the molecule is Cc1sc2ncnc(OCC(=O)NC(=O)NC34CC5CC(CC(C5)C3)C4)c2c1C. The highest BCUT2D eigenvalue weighted by Gasteiger charge is 2.51. The molecule has 2 heterocycles. The van der Waals surface area contributed by atoms with E-state index in [0.717, 1.165) is 57.7 Å². The van der Waals surface area contributed by atoms with Crippen LogP contribution >= 0.6 is 11.3 Å². The number of hydrogen-bond acceptors (Lipinski definition) is 6. The lowest BCUT2D eigenvalue weighted by atomic mass is 9.53. The molecule has 2 N–H and O–H groups in total. The summed E-state index contributed by atoms with van der Waals surface area (Å²) >= 11 is 1.57. The standard InChI is InChI=1S/C21H26N4O3S/c1-11-12(2)29-19-17(11)18(22-10-23-19)28-9-16(26)24-20(27)25-21-6-13-3-14(7-21)5-15(4-13)8-21/h10,13-15H,3-9H2,1-2H3,(H2,24,25,26,27). The molecule has 4 fully saturated rings. The van der Waals surface area contributed by atoms with Crippen molar-refractivity contribution in [3.8, 4) is 5.88 Å². The van der Waals surface area contributed by atoms with Gasteiger partial charge in [0.1, 0.15) is 11.2 Å². The second-order valence-electron chi connectivity index (χ2n) is 9.13. The number of aromatic nitrogens is 2. The summed E-state index contributed by atoms with van der Waals surface area (Å²) in [6.07, 6.45) is 8.51. The van der Waals surface area contributed by atoms with Gasteiger partial charge in [0.15, 0.2) is 6.61 Å². The molecule has 4 aliphatic rings. The summed E-state index contributed by atoms with van der Waals surface area (Å²) in [4.78, 5) is 35.2. The minimum Gasteiger partial charge on any atom is -0.467 e. The number of nitrogens with zero attached hydrogens (tertiary/aromatic N) is 2. The van der Waals surface area contributed by atoms with Gasteiger partial charge in [0.25, 0.3) is 5.91 Å². The van der Waals surface area contributed by atoms with Gasteiger partial charge in [-0.05, 0) is 75.7 Å². The van der Waals surface area contributed by atoms with Crippen molar-refractivity contribution in [1.29, 1.82) is 0 Å². The monoisotopic (exact) mass is 414 g/mol. The van der Waals surface area contributed by atoms with Gasteiger partial charge in [0.2, 0.25) is 5.88 Å². The Labute approximate surface area is 173 Å². The van der Waals surface area contributed by atoms with E-state index in [1.165, 1.54) is 25.6 Å². The molecule has 0 aromatic carbocycles. The van der Waals surface area contributed by atoms with Crippen molar-refractivity contribution in [1.82, 2.24) is 20.6 Å². The number of thiophene rings is 1. The van der Waals surface area contributed by atoms with Crippen LogP contribution in [-0.4, -0.2) is 34.1 Å². The molecule has 4 saturated carbocycles. The van der Waals surface area contributed by atoms with Gasteiger partial charge >= 0.3 is 6.03 Å². The molecule has 0 radical (unpaired) electrons. The van der Waals surface area contributed by atoms with Gasteiger partial charge in [-0.3, -0.25) is 10.1 Å². The molecule has 2 aromatic rings. The van der Waals surface area contributed by atoms with Gasteiger partial charge < -0.3 is 10.1 Å². The lowest BCUT2D eigenvalue weighted by Gasteiger charge is -2.56. The largest absolute Gasteiger partial charge is 0.467 e. The lowest BCUT2D eigenvalue weighted by molar-refractivity contribution is -0.122. The average Bonchev–Trinajstić information content (AvgIpc) is 2.93. The number of hydrogen-bond donors (Lipinski definition) is 2. The molecule has 29 heavy (non-hydrogen) atoms. The zero-order valence-electron chi connectivity index (χ0n) is 16.8. The summed E-state index contributed by atoms with van der Waals surface area (Å²) < 4.78 is 5.63. The average molecular weight is 415 g/mol. The number of aryl methyl sites for hydroxylation is 2. The Bertz CT molecular complexity index is 950. The second kappa shape index (κ2) is 6.93. The normalized spacial score (nSPS) is 29.8. The number of nitrogens with one attached hydrogen (secondary N) is 2. The summed E-state index contributed by atoms with van der Waals surface area (Å²) in [6, 6.07) is -0.407. The van der Waals surface area contributed by atoms with E-state index in [4.69, 9.17) is 4.74 Å². The van der Waals surface area contributed by atoms with Crippen LogP contribution in [-0.2, 0) is 4.79 Å². The van der Waals surface area contributed by atoms with Crippen LogP contribution in [0.15, 0.2) is 6.33 Å². The van der Waals surface area contributed by atoms with Gasteiger partial charge in [-0.2, -0.15) is 0 Å². The summed E-state index contributed by atoms with van der Waals surface area (Å²) in [5, 5.41) is 6.42. The Kier molecular flexibility index (Phi) is 4.49. The first-order chi connectivity index (χ1) is 13.9. The molecular weight excluding hydrogens is 388 g/mol. The van der Waals surface area contributed by atoms with E-state index in [1.54, 1.807) is 11.3 Å². The van der Waals surface area contributed by atoms with Crippen LogP contribution in [0.3, 0.4) is 0 Å². The summed E-state index contributed by atoms with van der Waals surface area (Å²) in [5.41, 5.74) is 0.935. The molecule has 154 valence electrons. The first kappa shape index (κ1) is 18.8. The van der Waals surface area contributed by atoms with Gasteiger partial charge in [-0.25, -0.2) is 14.8 Å². The zero-order chi connectivity index (χ0) is 20.2. The smallest absolute Gasteiger partial charge is 0.321 e. The highest BCUT2D eigenvalue weighted by Crippen LogP contribution is 2.55. The molecule has 7 nitrogen and oxygen atoms in total. The van der Waals surface area contributed by atoms with Crippen LogP contribution in [0.1, 0.15) is 49.0 Å². The van der Waals surface area contributed by atoms with Gasteiger partial charge in [-0.15, -0.1) is 11.3 Å². The molecule has 8 heteroatoms. The summed E-state index contributed by atoms with van der Waals surface area (Å²) in [5.74, 6) is 2.12. The maximum absolute atomic E-state index is 12.5. The van der Waals surface area contributed by atoms with Crippen LogP contribution in [0.2, 0.25) is 0 Å². The molecule has 0 saturated heterocycles. The number of rotatable bonds is 4. The molecule has 0 atom stereocenters. The van der Waals surface area contributed by atoms with E-state index in [2.05, 4.69) is 20.6 Å². The summed E-state index contributed by atoms with van der Waals surface area (Å²) in [6.45, 7) is 3.76. The topological polar surface area (TPSA) is 93.2 Å². The predicted octanol–water partition coefficient (Wildman–Crippen LogP) is 3.48. The van der Waals surface area contributed by atoms with Gasteiger partial charge in [0.05, 0.1) is 5.39 Å². The minimum absolute atomic E-state index is 0.121. The van der Waals surface area contributed by atoms with E-state index in [0.29, 0.717) is 5.88 Å². The fourth-order valence-corrected chi connectivity index (χ4v) is 7.08. The van der Waals surface area contributed by atoms with Crippen molar-refractivity contribution in [3.63, 3.8) is 0 Å². The number of imide groups is 1. The Hall–Kier alpha value is -2.22. The van der Waals surface area contributed by atoms with Crippen molar-refractivity contribution in [3.05, 3.63) is 16.8 Å². The van der Waals surface area contributed by atoms with Crippen molar-refractivity contribution in [2.45, 2.75) is 57.9 Å². The first-order valence-electron chi connectivity index (χ1n) is 10.4. The molecule has 4 aliphatic carbocycles. The van der Waals surface area contributed by atoms with E-state index < -0.39 is 11.9 Å². The fraction of sp³-hybridized carbons (Fsp3) is 0.619. The molecule has 0 aliphatic heterocycles. The van der Waals surface area contributed by atoms with E-state index in [9.17, 15) is 9.59 Å². The third-order valence-electron chi connectivity index (χ3n) is 6.94. The highest BCUT2D eigenvalue weighted by molar-refractivity contribution is 7.18. The maximum Gasteiger partial charge on any atom is 0.321 e. The molecule has 6 rings (SSSR count). The molecule has 3 amide bonds. The Morgan fingerprint density at radius 3 is 2.45 bits per heavy atom. The van der Waals surface area contributed by atoms with Crippen LogP contribution in [0, 0.1) is 31.6 Å². The number of carbonyl (C=O) groups excluding carboxylic acids is 2. The molecular formula is C21H26N4O3S. The third-order valence-corrected chi connectivity index (χ3v) is 8.06. The fourth-order valence-electron chi connectivity index (χ4n) is 6.09. The van der Waals surface area contributed by atoms with Crippen LogP contribution < -0.4 is 15.4 Å². The lowest BCUT2D eigenvalue weighted by Crippen LogP contribution is -2.62. The van der Waals surface area contributed by atoms with Gasteiger partial charge in [-0.1, -0.05) is 0 Å². The summed E-state index contributed by atoms with van der Waals surface area (Å²) in [7, 11) is 0. The number of ether oxygens (including phenoxy) is 1. The van der Waals surface area contributed by atoms with Crippen molar-refractivity contribution >= 4 is 33.5 Å². The Morgan fingerprint density at radius 1 is 1.14 bits per heavy atom. The third kappa shape index (κ3) is 3.47. The minimum atomic E-state index is -0.469. The van der Waals surface area contributed by atoms with E-state index >= 15 is 0 Å². The van der Waals surface area contributed by atoms with Crippen molar-refractivity contribution < 1.29 is 14.3 Å². The number of urea groups is 1. The second-order valence-corrected chi connectivity index (χ2v) is 10.3. The number of carbonyl (C=O) groups is 2. The quantitative estimate of drug-likeness (QED) is 0.799. The van der Waals surface area contributed by atoms with E-state index in [-0.39, 0.29) is 12.1 Å². The predicted molar refractivity (Wildman–Crippen MR) is 110 cm³/mol. The Balaban J connectivity index is 1.19. The van der Waals surface area contributed by atoms with Gasteiger partial charge in [0, 0.05) is 10.4 Å². The number of fused-ring (bicyclic) bond motifs is 1. The molecule has 0 spiro atoms. The van der Waals surface area contributed by atoms with Crippen LogP contribution in [0.25, 0.3) is 10.2 Å². The van der Waals surface area contributed by atoms with Crippen LogP contribution in [0.5, 0.6) is 5.88 Å². The molecule has 4 bridgehead atoms. The highest BCUT2D eigenvalue weighted by atomic mass is 32.1. The Morgan fingerprint density at radius 2 is 1.79 bits per heavy atom. The van der Waals surface area contributed by atoms with Crippen LogP contribution in [0.4, 0.5) is 4.79 Å². The maximum atomic E-state index is 12.5. The zero-order valence-corrected chi connectivity index (χ0v) is 17.6. The number of amides is 3. The first-order valence-corrected chi connectivity index (χ1v) is 11.2. The van der Waals surface area contributed by atoms with E-state index in [1.807, 2.05) is 13.8 Å². The van der Waals surface area contributed by atoms with Crippen molar-refractivity contribution in [2.75, 3.05) is 6.61 Å². The molecule has 2 aromatic heterocycles. The molecule has 0 unspecified atom stereocenters. The van der Waals surface area contributed by atoms with Crippen molar-refractivity contribution in [2.24, 2.45) is 17.8 Å².